The zero-order valence-corrected chi connectivity index (χ0v) is 23.1. The summed E-state index contributed by atoms with van der Waals surface area (Å²) >= 11 is 0. The highest BCUT2D eigenvalue weighted by Crippen LogP contribution is 2.75. The summed E-state index contributed by atoms with van der Waals surface area (Å²) in [6.07, 6.45) is 9.02. The van der Waals surface area contributed by atoms with E-state index in [4.69, 9.17) is 4.74 Å². The Hall–Kier alpha value is -0.500. The molecule has 0 heterocycles. The minimum atomic E-state index is -1.12. The first-order valence-corrected chi connectivity index (χ1v) is 14.3. The van der Waals surface area contributed by atoms with Crippen LogP contribution in [0.5, 0.6) is 0 Å². The monoisotopic (exact) mass is 506 g/mol. The van der Waals surface area contributed by atoms with Crippen LogP contribution in [0.3, 0.4) is 0 Å². The molecule has 0 amide bonds. The van der Waals surface area contributed by atoms with Crippen LogP contribution < -0.4 is 0 Å². The molecule has 4 saturated carbocycles. The number of fused-ring (bicyclic) bond motifs is 5. The second-order valence-corrected chi connectivity index (χ2v) is 14.7. The van der Waals surface area contributed by atoms with Gasteiger partial charge in [-0.3, -0.25) is 0 Å². The van der Waals surface area contributed by atoms with Gasteiger partial charge in [0.05, 0.1) is 31.5 Å². The number of ether oxygens (including phenoxy) is 1. The number of allylic oxidation sites excluding steroid dienone is 1. The van der Waals surface area contributed by atoms with E-state index in [1.165, 1.54) is 5.57 Å². The SMILES string of the molecule is COC1CC2C3(C)CC(O)C(O)C(CO)(CO)C3CCC2(C)C2(C)CCC3(C=C12)CCC(C)(CO)C3. The Morgan fingerprint density at radius 1 is 0.889 bits per heavy atom. The van der Waals surface area contributed by atoms with Gasteiger partial charge >= 0.3 is 0 Å². The number of rotatable bonds is 4. The van der Waals surface area contributed by atoms with Crippen molar-refractivity contribution in [1.29, 1.82) is 0 Å². The predicted octanol–water partition coefficient (Wildman–Crippen LogP) is 3.44. The van der Waals surface area contributed by atoms with Crippen molar-refractivity contribution in [1.82, 2.24) is 0 Å². The average molecular weight is 507 g/mol. The highest BCUT2D eigenvalue weighted by molar-refractivity contribution is 5.35. The van der Waals surface area contributed by atoms with Crippen molar-refractivity contribution < 1.29 is 30.3 Å². The summed E-state index contributed by atoms with van der Waals surface area (Å²) in [7, 11) is 1.82. The highest BCUT2D eigenvalue weighted by atomic mass is 16.5. The lowest BCUT2D eigenvalue weighted by Crippen LogP contribution is -2.70. The van der Waals surface area contributed by atoms with Gasteiger partial charge in [-0.15, -0.1) is 0 Å². The van der Waals surface area contributed by atoms with Crippen molar-refractivity contribution in [3.63, 3.8) is 0 Å². The number of hydrogen-bond acceptors (Lipinski definition) is 6. The van der Waals surface area contributed by atoms with Gasteiger partial charge in [0.2, 0.25) is 0 Å². The van der Waals surface area contributed by atoms with Gasteiger partial charge in [0.25, 0.3) is 0 Å². The molecule has 10 atom stereocenters. The Balaban J connectivity index is 1.58. The highest BCUT2D eigenvalue weighted by Gasteiger charge is 2.70. The molecule has 1 spiro atoms. The zero-order valence-electron chi connectivity index (χ0n) is 23.1. The van der Waals surface area contributed by atoms with E-state index in [9.17, 15) is 25.5 Å². The lowest BCUT2D eigenvalue weighted by molar-refractivity contribution is -0.263. The van der Waals surface area contributed by atoms with Crippen molar-refractivity contribution in [2.24, 2.45) is 44.3 Å². The molecule has 0 bridgehead atoms. The zero-order chi connectivity index (χ0) is 26.4. The van der Waals surface area contributed by atoms with Crippen LogP contribution in [-0.4, -0.2) is 70.8 Å². The largest absolute Gasteiger partial charge is 0.396 e. The maximum Gasteiger partial charge on any atom is 0.0902 e. The Kier molecular flexibility index (Phi) is 6.39. The summed E-state index contributed by atoms with van der Waals surface area (Å²) < 4.78 is 6.25. The first-order valence-electron chi connectivity index (χ1n) is 14.3. The molecule has 206 valence electrons. The predicted molar refractivity (Wildman–Crippen MR) is 138 cm³/mol. The van der Waals surface area contributed by atoms with Crippen LogP contribution in [0.2, 0.25) is 0 Å². The number of hydrogen-bond donors (Lipinski definition) is 5. The Labute approximate surface area is 217 Å². The fourth-order valence-electron chi connectivity index (χ4n) is 10.8. The third kappa shape index (κ3) is 3.30. The molecule has 6 nitrogen and oxygen atoms in total. The molecule has 0 aromatic rings. The molecule has 0 aromatic heterocycles. The molecule has 5 aliphatic carbocycles. The van der Waals surface area contributed by atoms with Gasteiger partial charge in [0, 0.05) is 19.1 Å². The average Bonchev–Trinajstić information content (AvgIpc) is 3.18. The van der Waals surface area contributed by atoms with Crippen LogP contribution >= 0.6 is 0 Å². The van der Waals surface area contributed by atoms with Gasteiger partial charge in [0.1, 0.15) is 0 Å². The molecule has 0 saturated heterocycles. The van der Waals surface area contributed by atoms with Crippen molar-refractivity contribution in [3.8, 4) is 0 Å². The third-order valence-corrected chi connectivity index (χ3v) is 13.1. The van der Waals surface area contributed by atoms with Crippen LogP contribution in [0, 0.1) is 44.3 Å². The van der Waals surface area contributed by atoms with Gasteiger partial charge in [0.15, 0.2) is 0 Å². The lowest BCUT2D eigenvalue weighted by Gasteiger charge is -2.71. The van der Waals surface area contributed by atoms with Crippen LogP contribution in [-0.2, 0) is 4.74 Å². The number of methoxy groups -OCH3 is 1. The van der Waals surface area contributed by atoms with E-state index in [0.29, 0.717) is 6.42 Å². The van der Waals surface area contributed by atoms with E-state index < -0.39 is 17.6 Å². The molecule has 36 heavy (non-hydrogen) atoms. The molecule has 6 heteroatoms. The van der Waals surface area contributed by atoms with E-state index >= 15 is 0 Å². The summed E-state index contributed by atoms with van der Waals surface area (Å²) in [6, 6.07) is 0. The van der Waals surface area contributed by atoms with E-state index in [2.05, 4.69) is 33.8 Å². The molecular formula is C30H50O6. The topological polar surface area (TPSA) is 110 Å². The Morgan fingerprint density at radius 2 is 1.56 bits per heavy atom. The normalized spacial score (nSPS) is 53.9. The van der Waals surface area contributed by atoms with E-state index in [1.807, 2.05) is 7.11 Å². The maximum atomic E-state index is 11.1. The molecule has 0 aliphatic heterocycles. The molecule has 10 unspecified atom stereocenters. The molecule has 5 N–H and O–H groups in total. The van der Waals surface area contributed by atoms with Crippen molar-refractivity contribution in [2.45, 2.75) is 104 Å². The van der Waals surface area contributed by atoms with Crippen molar-refractivity contribution in [3.05, 3.63) is 11.6 Å². The van der Waals surface area contributed by atoms with Gasteiger partial charge in [-0.1, -0.05) is 33.8 Å². The fraction of sp³-hybridized carbons (Fsp3) is 0.933. The fourth-order valence-corrected chi connectivity index (χ4v) is 10.8. The second-order valence-electron chi connectivity index (χ2n) is 14.7. The molecule has 0 aromatic carbocycles. The Bertz CT molecular complexity index is 900. The molecule has 5 rings (SSSR count). The van der Waals surface area contributed by atoms with Gasteiger partial charge in [-0.2, -0.15) is 0 Å². The van der Waals surface area contributed by atoms with Gasteiger partial charge in [-0.05, 0) is 102 Å². The summed E-state index contributed by atoms with van der Waals surface area (Å²) in [5.74, 6) is 0.161. The smallest absolute Gasteiger partial charge is 0.0902 e. The van der Waals surface area contributed by atoms with Crippen molar-refractivity contribution >= 4 is 0 Å². The first kappa shape index (κ1) is 27.1. The lowest BCUT2D eigenvalue weighted by atomic mass is 9.34. The van der Waals surface area contributed by atoms with Crippen LogP contribution in [0.25, 0.3) is 0 Å². The standard InChI is InChI=1S/C30H50O6/c1-25(16-31)8-10-29(15-25)11-9-27(3)19(13-29)21(36-5)12-23-26(2)14-20(34)24(35)30(17-32,18-33)22(26)6-7-28(23,27)4/h13,20-24,31-35H,6-12,14-18H2,1-5H3. The Morgan fingerprint density at radius 3 is 2.14 bits per heavy atom. The van der Waals surface area contributed by atoms with Gasteiger partial charge in [-0.25, -0.2) is 0 Å². The van der Waals surface area contributed by atoms with Crippen molar-refractivity contribution in [2.75, 3.05) is 26.9 Å². The quantitative estimate of drug-likeness (QED) is 0.374. The molecular weight excluding hydrogens is 456 g/mol. The molecule has 0 radical (unpaired) electrons. The summed E-state index contributed by atoms with van der Waals surface area (Å²) in [4.78, 5) is 0. The second kappa shape index (κ2) is 8.50. The van der Waals surface area contributed by atoms with Gasteiger partial charge < -0.3 is 30.3 Å². The third-order valence-electron chi connectivity index (χ3n) is 13.1. The van der Waals surface area contributed by atoms with E-state index in [-0.39, 0.29) is 64.8 Å². The minimum Gasteiger partial charge on any atom is -0.396 e. The number of aliphatic hydroxyl groups is 5. The molecule has 5 aliphatic rings. The maximum absolute atomic E-state index is 11.1. The summed E-state index contributed by atoms with van der Waals surface area (Å²) in [5, 5.41) is 53.1. The molecule has 4 fully saturated rings. The van der Waals surface area contributed by atoms with E-state index in [0.717, 1.165) is 51.4 Å². The minimum absolute atomic E-state index is 0.00297. The van der Waals surface area contributed by atoms with E-state index in [1.54, 1.807) is 0 Å². The van der Waals surface area contributed by atoms with Crippen LogP contribution in [0.1, 0.15) is 85.5 Å². The number of aliphatic hydroxyl groups excluding tert-OH is 5. The summed E-state index contributed by atoms with van der Waals surface area (Å²) in [5.41, 5.74) is 0.0849. The first-order chi connectivity index (χ1) is 16.8. The summed E-state index contributed by atoms with van der Waals surface area (Å²) in [6.45, 7) is 8.94. The van der Waals surface area contributed by atoms with Crippen LogP contribution in [0.15, 0.2) is 11.6 Å². The van der Waals surface area contributed by atoms with Crippen LogP contribution in [0.4, 0.5) is 0 Å².